The van der Waals surface area contributed by atoms with E-state index < -0.39 is 11.6 Å². The number of rotatable bonds is 3. The fourth-order valence-corrected chi connectivity index (χ4v) is 3.91. The van der Waals surface area contributed by atoms with E-state index in [1.165, 1.54) is 18.6 Å². The number of nitrogens with one attached hydrogen (secondary N) is 1. The summed E-state index contributed by atoms with van der Waals surface area (Å²) in [6.45, 7) is 9.63. The summed E-state index contributed by atoms with van der Waals surface area (Å²) in [5.41, 5.74) is 1.15. The van der Waals surface area contributed by atoms with E-state index in [1.54, 1.807) is 0 Å². The van der Waals surface area contributed by atoms with E-state index in [2.05, 4.69) is 33.0 Å². The molecule has 1 aromatic rings. The molecule has 0 atom stereocenters. The van der Waals surface area contributed by atoms with Crippen molar-refractivity contribution in [1.82, 2.24) is 5.32 Å². The highest BCUT2D eigenvalue weighted by molar-refractivity contribution is 5.18. The number of hydrogen-bond acceptors (Lipinski definition) is 1. The van der Waals surface area contributed by atoms with Gasteiger partial charge in [0, 0.05) is 24.2 Å². The van der Waals surface area contributed by atoms with Crippen LogP contribution in [0.15, 0.2) is 18.2 Å². The van der Waals surface area contributed by atoms with Crippen LogP contribution in [0, 0.1) is 22.5 Å². The third-order valence-electron chi connectivity index (χ3n) is 4.15. The van der Waals surface area contributed by atoms with E-state index in [4.69, 9.17) is 0 Å². The van der Waals surface area contributed by atoms with Gasteiger partial charge in [0.25, 0.3) is 0 Å². The third kappa shape index (κ3) is 4.02. The molecule has 0 aromatic heterocycles. The molecule has 0 bridgehead atoms. The van der Waals surface area contributed by atoms with Gasteiger partial charge in [-0.3, -0.25) is 0 Å². The first-order chi connectivity index (χ1) is 9.17. The molecule has 1 aromatic carbocycles. The van der Waals surface area contributed by atoms with E-state index in [0.29, 0.717) is 29.0 Å². The first-order valence-corrected chi connectivity index (χ1v) is 7.34. The molecule has 112 valence electrons. The SMILES string of the molecule is CC1(C)CC(NCc2ccc(F)cc2F)CC(C)(C)C1. The van der Waals surface area contributed by atoms with E-state index in [0.717, 1.165) is 18.9 Å². The molecular weight excluding hydrogens is 256 g/mol. The van der Waals surface area contributed by atoms with Crippen molar-refractivity contribution < 1.29 is 8.78 Å². The molecule has 0 amide bonds. The Morgan fingerprint density at radius 2 is 1.70 bits per heavy atom. The van der Waals surface area contributed by atoms with Gasteiger partial charge in [-0.05, 0) is 36.2 Å². The second kappa shape index (κ2) is 5.44. The van der Waals surface area contributed by atoms with Crippen LogP contribution in [0.1, 0.15) is 52.5 Å². The summed E-state index contributed by atoms with van der Waals surface area (Å²) >= 11 is 0. The van der Waals surface area contributed by atoms with Crippen molar-refractivity contribution >= 4 is 0 Å². The smallest absolute Gasteiger partial charge is 0.130 e. The van der Waals surface area contributed by atoms with Crippen LogP contribution >= 0.6 is 0 Å². The summed E-state index contributed by atoms with van der Waals surface area (Å²) < 4.78 is 26.5. The number of hydrogen-bond donors (Lipinski definition) is 1. The van der Waals surface area contributed by atoms with Crippen molar-refractivity contribution in [3.05, 3.63) is 35.4 Å². The maximum Gasteiger partial charge on any atom is 0.130 e. The van der Waals surface area contributed by atoms with Crippen LogP contribution < -0.4 is 5.32 Å². The fraction of sp³-hybridized carbons (Fsp3) is 0.647. The van der Waals surface area contributed by atoms with Gasteiger partial charge in [0.05, 0.1) is 0 Å². The normalized spacial score (nSPS) is 21.9. The van der Waals surface area contributed by atoms with Gasteiger partial charge >= 0.3 is 0 Å². The second-order valence-electron chi connectivity index (χ2n) is 7.73. The predicted octanol–water partition coefficient (Wildman–Crippen LogP) is 4.66. The highest BCUT2D eigenvalue weighted by Gasteiger charge is 2.38. The minimum absolute atomic E-state index is 0.306. The number of halogens is 2. The predicted molar refractivity (Wildman–Crippen MR) is 78.4 cm³/mol. The lowest BCUT2D eigenvalue weighted by Gasteiger charge is -2.45. The topological polar surface area (TPSA) is 12.0 Å². The van der Waals surface area contributed by atoms with Crippen molar-refractivity contribution in [2.45, 2.75) is 59.5 Å². The molecule has 1 saturated carbocycles. The summed E-state index contributed by atoms with van der Waals surface area (Å²) in [7, 11) is 0. The largest absolute Gasteiger partial charge is 0.310 e. The molecule has 0 radical (unpaired) electrons. The molecule has 1 aliphatic carbocycles. The Morgan fingerprint density at radius 3 is 2.25 bits per heavy atom. The zero-order valence-electron chi connectivity index (χ0n) is 12.9. The van der Waals surface area contributed by atoms with Crippen LogP contribution in [0.2, 0.25) is 0 Å². The maximum absolute atomic E-state index is 13.6. The van der Waals surface area contributed by atoms with Crippen molar-refractivity contribution in [1.29, 1.82) is 0 Å². The third-order valence-corrected chi connectivity index (χ3v) is 4.15. The van der Waals surface area contributed by atoms with Gasteiger partial charge in [-0.2, -0.15) is 0 Å². The van der Waals surface area contributed by atoms with Gasteiger partial charge in [-0.1, -0.05) is 33.8 Å². The summed E-state index contributed by atoms with van der Waals surface area (Å²) in [5, 5.41) is 3.45. The monoisotopic (exact) mass is 281 g/mol. The number of benzene rings is 1. The molecule has 20 heavy (non-hydrogen) atoms. The Kier molecular flexibility index (Phi) is 4.19. The minimum atomic E-state index is -0.522. The molecule has 0 aliphatic heterocycles. The summed E-state index contributed by atoms with van der Waals surface area (Å²) in [6, 6.07) is 4.18. The van der Waals surface area contributed by atoms with Crippen LogP contribution in [0.5, 0.6) is 0 Å². The Labute approximate surface area is 120 Å². The molecule has 0 unspecified atom stereocenters. The van der Waals surface area contributed by atoms with Gasteiger partial charge in [-0.25, -0.2) is 8.78 Å². The Hall–Kier alpha value is -0.960. The average molecular weight is 281 g/mol. The quantitative estimate of drug-likeness (QED) is 0.849. The standard InChI is InChI=1S/C17H25F2N/c1-16(2)8-14(9-17(3,4)11-16)20-10-12-5-6-13(18)7-15(12)19/h5-7,14,20H,8-11H2,1-4H3. The highest BCUT2D eigenvalue weighted by Crippen LogP contribution is 2.45. The van der Waals surface area contributed by atoms with Crippen LogP contribution in [0.3, 0.4) is 0 Å². The fourth-order valence-electron chi connectivity index (χ4n) is 3.91. The van der Waals surface area contributed by atoms with Crippen LogP contribution in [0.25, 0.3) is 0 Å². The van der Waals surface area contributed by atoms with Crippen LogP contribution in [-0.4, -0.2) is 6.04 Å². The van der Waals surface area contributed by atoms with Crippen LogP contribution in [0.4, 0.5) is 8.78 Å². The lowest BCUT2D eigenvalue weighted by atomic mass is 9.63. The van der Waals surface area contributed by atoms with E-state index in [9.17, 15) is 8.78 Å². The lowest BCUT2D eigenvalue weighted by molar-refractivity contribution is 0.0844. The van der Waals surface area contributed by atoms with Gasteiger partial charge in [0.1, 0.15) is 11.6 Å². The van der Waals surface area contributed by atoms with Crippen LogP contribution in [-0.2, 0) is 6.54 Å². The zero-order valence-corrected chi connectivity index (χ0v) is 12.9. The molecule has 1 N–H and O–H groups in total. The molecule has 0 saturated heterocycles. The van der Waals surface area contributed by atoms with Crippen molar-refractivity contribution in [3.8, 4) is 0 Å². The first kappa shape index (κ1) is 15.4. The summed E-state index contributed by atoms with van der Waals surface area (Å²) in [4.78, 5) is 0. The molecule has 1 fully saturated rings. The van der Waals surface area contributed by atoms with Gasteiger partial charge in [-0.15, -0.1) is 0 Å². The molecule has 3 heteroatoms. The molecule has 0 heterocycles. The lowest BCUT2D eigenvalue weighted by Crippen LogP contribution is -2.43. The van der Waals surface area contributed by atoms with E-state index in [1.807, 2.05) is 0 Å². The second-order valence-corrected chi connectivity index (χ2v) is 7.73. The molecule has 1 aliphatic rings. The maximum atomic E-state index is 13.6. The van der Waals surface area contributed by atoms with Gasteiger partial charge in [0.15, 0.2) is 0 Å². The molecule has 2 rings (SSSR count). The zero-order chi connectivity index (χ0) is 15.0. The van der Waals surface area contributed by atoms with E-state index in [-0.39, 0.29) is 0 Å². The summed E-state index contributed by atoms with van der Waals surface area (Å²) in [6.07, 6.45) is 3.40. The molecular formula is C17H25F2N. The molecule has 1 nitrogen and oxygen atoms in total. The van der Waals surface area contributed by atoms with Crippen molar-refractivity contribution in [2.24, 2.45) is 10.8 Å². The average Bonchev–Trinajstić information content (AvgIpc) is 2.23. The van der Waals surface area contributed by atoms with Crippen molar-refractivity contribution in [2.75, 3.05) is 0 Å². The Balaban J connectivity index is 2.00. The molecule has 0 spiro atoms. The summed E-state index contributed by atoms with van der Waals surface area (Å²) in [5.74, 6) is -0.988. The van der Waals surface area contributed by atoms with E-state index >= 15 is 0 Å². The van der Waals surface area contributed by atoms with Gasteiger partial charge in [0.2, 0.25) is 0 Å². The minimum Gasteiger partial charge on any atom is -0.310 e. The highest BCUT2D eigenvalue weighted by atomic mass is 19.1. The van der Waals surface area contributed by atoms with Gasteiger partial charge < -0.3 is 5.32 Å². The van der Waals surface area contributed by atoms with Crippen molar-refractivity contribution in [3.63, 3.8) is 0 Å². The Morgan fingerprint density at radius 1 is 1.10 bits per heavy atom. The first-order valence-electron chi connectivity index (χ1n) is 7.34. The Bertz CT molecular complexity index is 464.